The third-order valence-electron chi connectivity index (χ3n) is 4.74. The van der Waals surface area contributed by atoms with Crippen molar-refractivity contribution >= 4 is 5.69 Å². The zero-order valence-electron chi connectivity index (χ0n) is 12.6. The number of hydrogen-bond acceptors (Lipinski definition) is 3. The van der Waals surface area contributed by atoms with Gasteiger partial charge in [0, 0.05) is 17.7 Å². The summed E-state index contributed by atoms with van der Waals surface area (Å²) in [5, 5.41) is 11.1. The predicted molar refractivity (Wildman–Crippen MR) is 80.4 cm³/mol. The van der Waals surface area contributed by atoms with E-state index < -0.39 is 10.7 Å². The lowest BCUT2D eigenvalue weighted by atomic mass is 9.72. The summed E-state index contributed by atoms with van der Waals surface area (Å²) in [7, 11) is 0. The second-order valence-corrected chi connectivity index (χ2v) is 6.48. The van der Waals surface area contributed by atoms with E-state index in [-0.39, 0.29) is 17.6 Å². The fourth-order valence-electron chi connectivity index (χ4n) is 3.34. The molecule has 1 aromatic rings. The Morgan fingerprint density at radius 2 is 2.14 bits per heavy atom. The number of rotatable bonds is 4. The highest BCUT2D eigenvalue weighted by Gasteiger charge is 2.31. The maximum absolute atomic E-state index is 13.4. The minimum absolute atomic E-state index is 0.00438. The quantitative estimate of drug-likeness (QED) is 0.680. The van der Waals surface area contributed by atoms with E-state index in [2.05, 4.69) is 13.8 Å². The van der Waals surface area contributed by atoms with Crippen molar-refractivity contribution in [1.29, 1.82) is 0 Å². The van der Waals surface area contributed by atoms with Crippen LogP contribution in [0.4, 0.5) is 10.1 Å². The largest absolute Gasteiger partial charge is 0.327 e. The molecule has 0 saturated heterocycles. The Morgan fingerprint density at radius 3 is 2.76 bits per heavy atom. The maximum atomic E-state index is 13.4. The van der Waals surface area contributed by atoms with Crippen molar-refractivity contribution in [2.24, 2.45) is 23.5 Å². The Morgan fingerprint density at radius 1 is 1.43 bits per heavy atom. The predicted octanol–water partition coefficient (Wildman–Crippen LogP) is 3.68. The fourth-order valence-corrected chi connectivity index (χ4v) is 3.34. The number of nitrogens with two attached hydrogens (primary N) is 1. The third-order valence-corrected chi connectivity index (χ3v) is 4.74. The number of nitro groups is 1. The lowest BCUT2D eigenvalue weighted by Crippen LogP contribution is -2.38. The lowest BCUT2D eigenvalue weighted by molar-refractivity contribution is -0.385. The highest BCUT2D eigenvalue weighted by atomic mass is 19.1. The summed E-state index contributed by atoms with van der Waals surface area (Å²) in [6, 6.07) is 3.71. The molecular formula is C16H23FN2O2. The van der Waals surface area contributed by atoms with E-state index in [9.17, 15) is 14.5 Å². The molecule has 0 amide bonds. The van der Waals surface area contributed by atoms with Crippen LogP contribution >= 0.6 is 0 Å². The molecule has 3 unspecified atom stereocenters. The number of benzene rings is 1. The van der Waals surface area contributed by atoms with Crippen LogP contribution in [-0.4, -0.2) is 11.0 Å². The minimum atomic E-state index is -0.441. The van der Waals surface area contributed by atoms with Gasteiger partial charge in [0.15, 0.2) is 0 Å². The van der Waals surface area contributed by atoms with Crippen LogP contribution in [0.3, 0.4) is 0 Å². The summed E-state index contributed by atoms with van der Waals surface area (Å²) < 4.78 is 13.4. The van der Waals surface area contributed by atoms with Crippen molar-refractivity contribution in [2.75, 3.05) is 0 Å². The summed E-state index contributed by atoms with van der Waals surface area (Å²) in [5.74, 6) is 0.942. The van der Waals surface area contributed by atoms with Gasteiger partial charge in [-0.05, 0) is 55.6 Å². The van der Waals surface area contributed by atoms with Gasteiger partial charge in [0.25, 0.3) is 5.69 Å². The van der Waals surface area contributed by atoms with E-state index in [4.69, 9.17) is 5.73 Å². The van der Waals surface area contributed by atoms with Crippen LogP contribution in [0.1, 0.15) is 38.7 Å². The first kappa shape index (κ1) is 15.9. The van der Waals surface area contributed by atoms with E-state index in [1.165, 1.54) is 12.1 Å². The Labute approximate surface area is 124 Å². The zero-order valence-corrected chi connectivity index (χ0v) is 12.6. The smallest absolute Gasteiger partial charge is 0.272 e. The molecule has 1 aliphatic carbocycles. The molecular weight excluding hydrogens is 271 g/mol. The molecule has 2 rings (SSSR count). The van der Waals surface area contributed by atoms with E-state index >= 15 is 0 Å². The number of nitro benzene ring substituents is 1. The Hall–Kier alpha value is -1.49. The van der Waals surface area contributed by atoms with Crippen LogP contribution < -0.4 is 5.73 Å². The number of hydrogen-bond donors (Lipinski definition) is 1. The van der Waals surface area contributed by atoms with Crippen molar-refractivity contribution in [3.63, 3.8) is 0 Å². The first-order valence-electron chi connectivity index (χ1n) is 7.57. The highest BCUT2D eigenvalue weighted by Crippen LogP contribution is 2.36. The van der Waals surface area contributed by atoms with Crippen LogP contribution in [0.15, 0.2) is 18.2 Å². The van der Waals surface area contributed by atoms with E-state index in [1.54, 1.807) is 0 Å². The number of nitrogens with zero attached hydrogens (tertiary/aromatic N) is 1. The molecule has 2 N–H and O–H groups in total. The topological polar surface area (TPSA) is 69.2 Å². The van der Waals surface area contributed by atoms with E-state index in [0.717, 1.165) is 25.3 Å². The SMILES string of the molecule is CC(C)C1CCC(N)C(Cc2cc(F)ccc2[N+](=O)[O-])C1. The molecule has 21 heavy (non-hydrogen) atoms. The summed E-state index contributed by atoms with van der Waals surface area (Å²) in [4.78, 5) is 10.6. The van der Waals surface area contributed by atoms with Crippen LogP contribution in [0, 0.1) is 33.7 Å². The van der Waals surface area contributed by atoms with Gasteiger partial charge in [-0.15, -0.1) is 0 Å². The molecule has 0 bridgehead atoms. The van der Waals surface area contributed by atoms with Gasteiger partial charge in [0.05, 0.1) is 4.92 Å². The van der Waals surface area contributed by atoms with Gasteiger partial charge in [-0.1, -0.05) is 13.8 Å². The average molecular weight is 294 g/mol. The van der Waals surface area contributed by atoms with Crippen molar-refractivity contribution < 1.29 is 9.31 Å². The van der Waals surface area contributed by atoms with Crippen molar-refractivity contribution in [2.45, 2.75) is 45.6 Å². The number of halogens is 1. The zero-order chi connectivity index (χ0) is 15.6. The minimum Gasteiger partial charge on any atom is -0.327 e. The molecule has 1 aromatic carbocycles. The summed E-state index contributed by atoms with van der Waals surface area (Å²) in [5.41, 5.74) is 6.65. The normalized spacial score (nSPS) is 26.0. The maximum Gasteiger partial charge on any atom is 0.272 e. The monoisotopic (exact) mass is 294 g/mol. The molecule has 0 aromatic heterocycles. The lowest BCUT2D eigenvalue weighted by Gasteiger charge is -2.36. The summed E-state index contributed by atoms with van der Waals surface area (Å²) >= 11 is 0. The van der Waals surface area contributed by atoms with E-state index in [0.29, 0.717) is 23.8 Å². The third kappa shape index (κ3) is 3.79. The van der Waals surface area contributed by atoms with Crippen LogP contribution in [-0.2, 0) is 6.42 Å². The van der Waals surface area contributed by atoms with E-state index in [1.807, 2.05) is 0 Å². The van der Waals surface area contributed by atoms with Gasteiger partial charge in [0.2, 0.25) is 0 Å². The molecule has 0 heterocycles. The first-order valence-corrected chi connectivity index (χ1v) is 7.57. The van der Waals surface area contributed by atoms with Crippen LogP contribution in [0.25, 0.3) is 0 Å². The first-order chi connectivity index (χ1) is 9.88. The average Bonchev–Trinajstić information content (AvgIpc) is 2.40. The Balaban J connectivity index is 2.19. The molecule has 0 aliphatic heterocycles. The second kappa shape index (κ2) is 6.52. The van der Waals surface area contributed by atoms with Gasteiger partial charge in [0.1, 0.15) is 5.82 Å². The molecule has 1 fully saturated rings. The van der Waals surface area contributed by atoms with Gasteiger partial charge < -0.3 is 5.73 Å². The fraction of sp³-hybridized carbons (Fsp3) is 0.625. The Kier molecular flexibility index (Phi) is 4.93. The van der Waals surface area contributed by atoms with Gasteiger partial charge in [-0.2, -0.15) is 0 Å². The molecule has 116 valence electrons. The van der Waals surface area contributed by atoms with Crippen LogP contribution in [0.2, 0.25) is 0 Å². The summed E-state index contributed by atoms with van der Waals surface area (Å²) in [6.45, 7) is 4.40. The van der Waals surface area contributed by atoms with Gasteiger partial charge in [-0.3, -0.25) is 10.1 Å². The molecule has 1 saturated carbocycles. The van der Waals surface area contributed by atoms with Crippen molar-refractivity contribution in [3.8, 4) is 0 Å². The van der Waals surface area contributed by atoms with Gasteiger partial charge >= 0.3 is 0 Å². The molecule has 5 heteroatoms. The molecule has 0 radical (unpaired) electrons. The second-order valence-electron chi connectivity index (χ2n) is 6.48. The molecule has 1 aliphatic rings. The molecule has 4 nitrogen and oxygen atoms in total. The Bertz CT molecular complexity index is 519. The standard InChI is InChI=1S/C16H23FN2O2/c1-10(2)11-3-5-15(18)12(7-11)8-13-9-14(17)4-6-16(13)19(20)21/h4,6,9-12,15H,3,5,7-8,18H2,1-2H3. The van der Waals surface area contributed by atoms with Crippen molar-refractivity contribution in [3.05, 3.63) is 39.7 Å². The van der Waals surface area contributed by atoms with Crippen LogP contribution in [0.5, 0.6) is 0 Å². The molecule has 0 spiro atoms. The van der Waals surface area contributed by atoms with Crippen molar-refractivity contribution in [1.82, 2.24) is 0 Å². The van der Waals surface area contributed by atoms with Gasteiger partial charge in [-0.25, -0.2) is 4.39 Å². The highest BCUT2D eigenvalue weighted by molar-refractivity contribution is 5.40. The molecule has 3 atom stereocenters. The summed E-state index contributed by atoms with van der Waals surface area (Å²) in [6.07, 6.45) is 3.50.